The van der Waals surface area contributed by atoms with Crippen molar-refractivity contribution < 1.29 is 23.8 Å². The van der Waals surface area contributed by atoms with Gasteiger partial charge in [-0.3, -0.25) is 4.79 Å². The van der Waals surface area contributed by atoms with Crippen molar-refractivity contribution in [2.45, 2.75) is 20.3 Å². The molecule has 5 nitrogen and oxygen atoms in total. The van der Waals surface area contributed by atoms with Gasteiger partial charge in [0.1, 0.15) is 17.2 Å². The predicted octanol–water partition coefficient (Wildman–Crippen LogP) is 3.66. The van der Waals surface area contributed by atoms with Crippen molar-refractivity contribution >= 4 is 11.8 Å². The van der Waals surface area contributed by atoms with Crippen LogP contribution < -0.4 is 14.2 Å². The monoisotopic (exact) mass is 328 g/mol. The molecule has 0 aliphatic heterocycles. The molecule has 2 aromatic carbocycles. The Kier molecular flexibility index (Phi) is 6.37. The van der Waals surface area contributed by atoms with Crippen molar-refractivity contribution in [2.24, 2.45) is 0 Å². The Morgan fingerprint density at radius 2 is 1.58 bits per heavy atom. The van der Waals surface area contributed by atoms with Crippen molar-refractivity contribution in [2.75, 3.05) is 13.2 Å². The maximum Gasteiger partial charge on any atom is 0.349 e. The molecule has 126 valence electrons. The summed E-state index contributed by atoms with van der Waals surface area (Å²) in [5.74, 6) is 0.997. The van der Waals surface area contributed by atoms with Crippen LogP contribution in [0.2, 0.25) is 0 Å². The molecule has 0 radical (unpaired) electrons. The molecular formula is C19H20O5. The summed E-state index contributed by atoms with van der Waals surface area (Å²) >= 11 is 0. The zero-order valence-corrected chi connectivity index (χ0v) is 13.8. The van der Waals surface area contributed by atoms with Crippen LogP contribution in [0, 0.1) is 0 Å². The molecule has 2 aromatic rings. The molecule has 0 aliphatic rings. The first-order valence-corrected chi connectivity index (χ1v) is 7.76. The van der Waals surface area contributed by atoms with Crippen molar-refractivity contribution in [3.05, 3.63) is 54.1 Å². The van der Waals surface area contributed by atoms with Gasteiger partial charge in [0.25, 0.3) is 0 Å². The normalized spacial score (nSPS) is 10.1. The Bertz CT molecular complexity index is 691. The minimum atomic E-state index is -0.540. The van der Waals surface area contributed by atoms with E-state index in [1.54, 1.807) is 42.5 Å². The standard InChI is InChI=1S/C19H20O5/c1-3-11-22-16-7-9-17(10-8-16)23-13-19(21)24-18-6-4-5-15(12-18)14(2)20/h4-10,12H,3,11,13H2,1-2H3. The zero-order valence-electron chi connectivity index (χ0n) is 13.8. The Morgan fingerprint density at radius 3 is 2.21 bits per heavy atom. The van der Waals surface area contributed by atoms with Crippen molar-refractivity contribution in [1.29, 1.82) is 0 Å². The van der Waals surface area contributed by atoms with E-state index in [2.05, 4.69) is 0 Å². The highest BCUT2D eigenvalue weighted by atomic mass is 16.6. The molecular weight excluding hydrogens is 308 g/mol. The van der Waals surface area contributed by atoms with E-state index in [0.29, 0.717) is 23.7 Å². The summed E-state index contributed by atoms with van der Waals surface area (Å²) in [6.45, 7) is 3.93. The average Bonchev–Trinajstić information content (AvgIpc) is 2.59. The van der Waals surface area contributed by atoms with E-state index in [9.17, 15) is 9.59 Å². The number of Topliss-reactive ketones (excluding diaryl/α,β-unsaturated/α-hetero) is 1. The number of ether oxygens (including phenoxy) is 3. The second-order valence-electron chi connectivity index (χ2n) is 5.17. The van der Waals surface area contributed by atoms with Crippen LogP contribution >= 0.6 is 0 Å². The molecule has 0 saturated carbocycles. The summed E-state index contributed by atoms with van der Waals surface area (Å²) in [6, 6.07) is 13.5. The van der Waals surface area contributed by atoms with Crippen LogP contribution in [0.1, 0.15) is 30.6 Å². The number of ketones is 1. The van der Waals surface area contributed by atoms with E-state index < -0.39 is 5.97 Å². The summed E-state index contributed by atoms with van der Waals surface area (Å²) in [5.41, 5.74) is 0.490. The summed E-state index contributed by atoms with van der Waals surface area (Å²) < 4.78 is 16.0. The number of carbonyl (C=O) groups is 2. The quantitative estimate of drug-likeness (QED) is 0.420. The van der Waals surface area contributed by atoms with Crippen LogP contribution in [0.25, 0.3) is 0 Å². The largest absolute Gasteiger partial charge is 0.494 e. The maximum atomic E-state index is 11.8. The third-order valence-electron chi connectivity index (χ3n) is 3.13. The fourth-order valence-corrected chi connectivity index (χ4v) is 1.93. The SMILES string of the molecule is CCCOc1ccc(OCC(=O)Oc2cccc(C(C)=O)c2)cc1. The lowest BCUT2D eigenvalue weighted by molar-refractivity contribution is -0.136. The second kappa shape index (κ2) is 8.72. The highest BCUT2D eigenvalue weighted by Crippen LogP contribution is 2.18. The van der Waals surface area contributed by atoms with Crippen molar-refractivity contribution in [3.8, 4) is 17.2 Å². The number of rotatable bonds is 8. The van der Waals surface area contributed by atoms with Crippen LogP contribution in [0.5, 0.6) is 17.2 Å². The van der Waals surface area contributed by atoms with E-state index in [1.807, 2.05) is 6.92 Å². The van der Waals surface area contributed by atoms with Crippen LogP contribution in [0.3, 0.4) is 0 Å². The Labute approximate surface area is 141 Å². The third-order valence-corrected chi connectivity index (χ3v) is 3.13. The molecule has 0 heterocycles. The van der Waals surface area contributed by atoms with Gasteiger partial charge in [0, 0.05) is 5.56 Å². The smallest absolute Gasteiger partial charge is 0.349 e. The lowest BCUT2D eigenvalue weighted by atomic mass is 10.1. The number of hydrogen-bond donors (Lipinski definition) is 0. The van der Waals surface area contributed by atoms with Gasteiger partial charge in [0.15, 0.2) is 12.4 Å². The van der Waals surface area contributed by atoms with Crippen LogP contribution in [0.15, 0.2) is 48.5 Å². The predicted molar refractivity (Wildman–Crippen MR) is 89.8 cm³/mol. The van der Waals surface area contributed by atoms with Crippen LogP contribution in [-0.4, -0.2) is 25.0 Å². The van der Waals surface area contributed by atoms with E-state index in [0.717, 1.165) is 12.2 Å². The molecule has 0 spiro atoms. The molecule has 0 aliphatic carbocycles. The van der Waals surface area contributed by atoms with E-state index in [4.69, 9.17) is 14.2 Å². The fraction of sp³-hybridized carbons (Fsp3) is 0.263. The molecule has 0 atom stereocenters. The second-order valence-corrected chi connectivity index (χ2v) is 5.17. The fourth-order valence-electron chi connectivity index (χ4n) is 1.93. The highest BCUT2D eigenvalue weighted by molar-refractivity contribution is 5.94. The summed E-state index contributed by atoms with van der Waals surface area (Å²) in [5, 5.41) is 0. The molecule has 0 bridgehead atoms. The van der Waals surface area contributed by atoms with Crippen molar-refractivity contribution in [1.82, 2.24) is 0 Å². The number of carbonyl (C=O) groups excluding carboxylic acids is 2. The Hall–Kier alpha value is -2.82. The minimum Gasteiger partial charge on any atom is -0.494 e. The van der Waals surface area contributed by atoms with Crippen molar-refractivity contribution in [3.63, 3.8) is 0 Å². The van der Waals surface area contributed by atoms with E-state index >= 15 is 0 Å². The van der Waals surface area contributed by atoms with Gasteiger partial charge in [-0.05, 0) is 49.7 Å². The molecule has 0 fully saturated rings. The first-order chi connectivity index (χ1) is 11.6. The molecule has 0 N–H and O–H groups in total. The summed E-state index contributed by atoms with van der Waals surface area (Å²) in [4.78, 5) is 23.1. The van der Waals surface area contributed by atoms with Gasteiger partial charge in [0.2, 0.25) is 0 Å². The van der Waals surface area contributed by atoms with E-state index in [-0.39, 0.29) is 12.4 Å². The molecule has 2 rings (SSSR count). The zero-order chi connectivity index (χ0) is 17.4. The topological polar surface area (TPSA) is 61.8 Å². The first-order valence-electron chi connectivity index (χ1n) is 7.76. The number of hydrogen-bond acceptors (Lipinski definition) is 5. The number of esters is 1. The lowest BCUT2D eigenvalue weighted by Gasteiger charge is -2.08. The summed E-state index contributed by atoms with van der Waals surface area (Å²) in [7, 11) is 0. The first kappa shape index (κ1) is 17.5. The van der Waals surface area contributed by atoms with Gasteiger partial charge in [0.05, 0.1) is 6.61 Å². The van der Waals surface area contributed by atoms with Gasteiger partial charge >= 0.3 is 5.97 Å². The average molecular weight is 328 g/mol. The summed E-state index contributed by atoms with van der Waals surface area (Å²) in [6.07, 6.45) is 0.939. The van der Waals surface area contributed by atoms with Gasteiger partial charge in [-0.2, -0.15) is 0 Å². The van der Waals surface area contributed by atoms with Crippen LogP contribution in [0.4, 0.5) is 0 Å². The molecule has 0 saturated heterocycles. The maximum absolute atomic E-state index is 11.8. The molecule has 0 unspecified atom stereocenters. The Balaban J connectivity index is 1.84. The van der Waals surface area contributed by atoms with Gasteiger partial charge in [-0.15, -0.1) is 0 Å². The number of benzene rings is 2. The Morgan fingerprint density at radius 1 is 0.917 bits per heavy atom. The highest BCUT2D eigenvalue weighted by Gasteiger charge is 2.08. The molecule has 0 aromatic heterocycles. The lowest BCUT2D eigenvalue weighted by Crippen LogP contribution is -2.17. The van der Waals surface area contributed by atoms with Gasteiger partial charge in [-0.1, -0.05) is 19.1 Å². The minimum absolute atomic E-state index is 0.0884. The van der Waals surface area contributed by atoms with E-state index in [1.165, 1.54) is 13.0 Å². The van der Waals surface area contributed by atoms with Gasteiger partial charge < -0.3 is 14.2 Å². The molecule has 5 heteroatoms. The molecule has 24 heavy (non-hydrogen) atoms. The van der Waals surface area contributed by atoms with Crippen LogP contribution in [-0.2, 0) is 4.79 Å². The van der Waals surface area contributed by atoms with Gasteiger partial charge in [-0.25, -0.2) is 4.79 Å². The third kappa shape index (κ3) is 5.43. The molecule has 0 amide bonds.